The molecular weight excluding hydrogens is 388 g/mol. The molecule has 1 N–H and O–H groups in total. The van der Waals surface area contributed by atoms with Crippen LogP contribution in [0.5, 0.6) is 0 Å². The number of hydrogen-bond acceptors (Lipinski definition) is 6. The summed E-state index contributed by atoms with van der Waals surface area (Å²) in [7, 11) is 0. The van der Waals surface area contributed by atoms with Gasteiger partial charge < -0.3 is 5.32 Å². The van der Waals surface area contributed by atoms with Crippen molar-refractivity contribution in [3.05, 3.63) is 40.3 Å². The number of rotatable bonds is 9. The normalized spacial score (nSPS) is 11.2. The Morgan fingerprint density at radius 1 is 1.10 bits per heavy atom. The van der Waals surface area contributed by atoms with Gasteiger partial charge in [-0.25, -0.2) is 9.67 Å². The molecule has 0 aliphatic heterocycles. The maximum absolute atomic E-state index is 12.2. The summed E-state index contributed by atoms with van der Waals surface area (Å²) in [6.07, 6.45) is 3.83. The lowest BCUT2D eigenvalue weighted by atomic mass is 10.1. The van der Waals surface area contributed by atoms with Gasteiger partial charge in [-0.3, -0.25) is 14.4 Å². The SMILES string of the molecule is Cc1ccc(C(=O)CCC(=O)CCC(=O)Nc2cnc3c(cnn3C(C)C)c2)s1. The average molecular weight is 413 g/mol. The van der Waals surface area contributed by atoms with Gasteiger partial charge in [-0.2, -0.15) is 5.10 Å². The second kappa shape index (κ2) is 9.09. The molecule has 3 aromatic heterocycles. The molecule has 0 aromatic carbocycles. The van der Waals surface area contributed by atoms with Crippen LogP contribution in [0.1, 0.15) is 60.1 Å². The standard InChI is InChI=1S/C21H24N4O3S/c1-13(2)25-21-15(11-23-25)10-16(12-22-21)24-20(28)9-6-17(26)5-7-18(27)19-8-4-14(3)29-19/h4,8,10-13H,5-7,9H2,1-3H3,(H,24,28). The number of aromatic nitrogens is 3. The highest BCUT2D eigenvalue weighted by Gasteiger charge is 2.13. The summed E-state index contributed by atoms with van der Waals surface area (Å²) in [5, 5.41) is 7.91. The van der Waals surface area contributed by atoms with Gasteiger partial charge in [0.1, 0.15) is 5.78 Å². The molecule has 152 valence electrons. The van der Waals surface area contributed by atoms with Gasteiger partial charge in [-0.1, -0.05) is 0 Å². The Labute approximate surface area is 173 Å². The zero-order chi connectivity index (χ0) is 21.0. The van der Waals surface area contributed by atoms with Gasteiger partial charge in [0.2, 0.25) is 5.91 Å². The number of carbonyl (C=O) groups is 3. The van der Waals surface area contributed by atoms with Gasteiger partial charge in [0, 0.05) is 42.0 Å². The third-order valence-electron chi connectivity index (χ3n) is 4.48. The highest BCUT2D eigenvalue weighted by atomic mass is 32.1. The smallest absolute Gasteiger partial charge is 0.224 e. The van der Waals surface area contributed by atoms with E-state index in [1.165, 1.54) is 11.3 Å². The summed E-state index contributed by atoms with van der Waals surface area (Å²) < 4.78 is 1.82. The zero-order valence-electron chi connectivity index (χ0n) is 16.8. The second-order valence-electron chi connectivity index (χ2n) is 7.24. The van der Waals surface area contributed by atoms with Gasteiger partial charge in [0.25, 0.3) is 0 Å². The van der Waals surface area contributed by atoms with E-state index in [9.17, 15) is 14.4 Å². The minimum absolute atomic E-state index is 0.0257. The topological polar surface area (TPSA) is 93.9 Å². The molecule has 0 saturated heterocycles. The highest BCUT2D eigenvalue weighted by Crippen LogP contribution is 2.20. The van der Waals surface area contributed by atoms with E-state index in [0.29, 0.717) is 10.6 Å². The van der Waals surface area contributed by atoms with Crippen LogP contribution in [0.2, 0.25) is 0 Å². The van der Waals surface area contributed by atoms with E-state index in [0.717, 1.165) is 15.9 Å². The lowest BCUT2D eigenvalue weighted by Crippen LogP contribution is -2.14. The van der Waals surface area contributed by atoms with Crippen molar-refractivity contribution in [3.8, 4) is 0 Å². The quantitative estimate of drug-likeness (QED) is 0.528. The molecule has 0 radical (unpaired) electrons. The number of anilines is 1. The minimum atomic E-state index is -0.254. The molecule has 3 aromatic rings. The molecule has 8 heteroatoms. The largest absolute Gasteiger partial charge is 0.325 e. The van der Waals surface area contributed by atoms with Crippen LogP contribution in [0.25, 0.3) is 11.0 Å². The monoisotopic (exact) mass is 412 g/mol. The molecule has 3 heterocycles. The van der Waals surface area contributed by atoms with Crippen LogP contribution >= 0.6 is 11.3 Å². The Kier molecular flexibility index (Phi) is 6.53. The average Bonchev–Trinajstić information content (AvgIpc) is 3.30. The van der Waals surface area contributed by atoms with Crippen LogP contribution in [0.4, 0.5) is 5.69 Å². The van der Waals surface area contributed by atoms with E-state index >= 15 is 0 Å². The van der Waals surface area contributed by atoms with Crippen molar-refractivity contribution in [2.75, 3.05) is 5.32 Å². The van der Waals surface area contributed by atoms with Crippen LogP contribution in [0.3, 0.4) is 0 Å². The lowest BCUT2D eigenvalue weighted by molar-refractivity contribution is -0.122. The number of carbonyl (C=O) groups excluding carboxylic acids is 3. The molecule has 0 spiro atoms. The minimum Gasteiger partial charge on any atom is -0.325 e. The van der Waals surface area contributed by atoms with Gasteiger partial charge >= 0.3 is 0 Å². The summed E-state index contributed by atoms with van der Waals surface area (Å²) in [5.41, 5.74) is 1.33. The molecule has 0 aliphatic carbocycles. The molecule has 0 atom stereocenters. The van der Waals surface area contributed by atoms with Crippen LogP contribution in [-0.2, 0) is 9.59 Å². The third-order valence-corrected chi connectivity index (χ3v) is 5.52. The third kappa shape index (κ3) is 5.35. The lowest BCUT2D eigenvalue weighted by Gasteiger charge is -2.07. The second-order valence-corrected chi connectivity index (χ2v) is 8.53. The molecule has 0 bridgehead atoms. The van der Waals surface area contributed by atoms with E-state index in [1.54, 1.807) is 18.5 Å². The Hall–Kier alpha value is -2.87. The fourth-order valence-electron chi connectivity index (χ4n) is 2.95. The highest BCUT2D eigenvalue weighted by molar-refractivity contribution is 7.14. The Bertz CT molecular complexity index is 1050. The molecule has 7 nitrogen and oxygen atoms in total. The number of thiophene rings is 1. The molecule has 0 unspecified atom stereocenters. The number of hydrogen-bond donors (Lipinski definition) is 1. The van der Waals surface area contributed by atoms with Crippen molar-refractivity contribution in [3.63, 3.8) is 0 Å². The van der Waals surface area contributed by atoms with Crippen molar-refractivity contribution in [1.82, 2.24) is 14.8 Å². The van der Waals surface area contributed by atoms with E-state index in [4.69, 9.17) is 0 Å². The van der Waals surface area contributed by atoms with Crippen LogP contribution < -0.4 is 5.32 Å². The van der Waals surface area contributed by atoms with Gasteiger partial charge in [-0.15, -0.1) is 11.3 Å². The van der Waals surface area contributed by atoms with Crippen LogP contribution in [-0.4, -0.2) is 32.2 Å². The molecule has 29 heavy (non-hydrogen) atoms. The summed E-state index contributed by atoms with van der Waals surface area (Å²) in [6.45, 7) is 5.99. The van der Waals surface area contributed by atoms with E-state index in [1.807, 2.05) is 37.6 Å². The first-order valence-corrected chi connectivity index (χ1v) is 10.4. The first-order chi connectivity index (χ1) is 13.8. The van der Waals surface area contributed by atoms with Crippen LogP contribution in [0, 0.1) is 6.92 Å². The zero-order valence-corrected chi connectivity index (χ0v) is 17.6. The van der Waals surface area contributed by atoms with Crippen molar-refractivity contribution in [1.29, 1.82) is 0 Å². The predicted molar refractivity (Wildman–Crippen MR) is 113 cm³/mol. The summed E-state index contributed by atoms with van der Waals surface area (Å²) in [4.78, 5) is 42.4. The van der Waals surface area contributed by atoms with Gasteiger partial charge in [-0.05, 0) is 39.0 Å². The molecular formula is C21H24N4O3S. The number of Topliss-reactive ketones (excluding diaryl/α,β-unsaturated/α-hetero) is 2. The maximum atomic E-state index is 12.2. The number of pyridine rings is 1. The fraction of sp³-hybridized carbons (Fsp3) is 0.381. The molecule has 0 saturated carbocycles. The molecule has 1 amide bonds. The number of nitrogens with one attached hydrogen (secondary N) is 1. The van der Waals surface area contributed by atoms with E-state index < -0.39 is 0 Å². The fourth-order valence-corrected chi connectivity index (χ4v) is 3.78. The first kappa shape index (κ1) is 20.9. The van der Waals surface area contributed by atoms with Crippen LogP contribution in [0.15, 0.2) is 30.6 Å². The Morgan fingerprint density at radius 3 is 2.55 bits per heavy atom. The summed E-state index contributed by atoms with van der Waals surface area (Å²) in [6, 6.07) is 5.69. The maximum Gasteiger partial charge on any atom is 0.224 e. The van der Waals surface area contributed by atoms with Crippen molar-refractivity contribution < 1.29 is 14.4 Å². The van der Waals surface area contributed by atoms with Crippen molar-refractivity contribution >= 4 is 45.5 Å². The predicted octanol–water partition coefficient (Wildman–Crippen LogP) is 4.33. The Morgan fingerprint density at radius 2 is 1.86 bits per heavy atom. The number of fused-ring (bicyclic) bond motifs is 1. The Balaban J connectivity index is 1.46. The van der Waals surface area contributed by atoms with Gasteiger partial charge in [0.05, 0.1) is 23.0 Å². The number of ketones is 2. The molecule has 3 rings (SSSR count). The van der Waals surface area contributed by atoms with Gasteiger partial charge in [0.15, 0.2) is 11.4 Å². The number of amides is 1. The first-order valence-electron chi connectivity index (χ1n) is 9.58. The van der Waals surface area contributed by atoms with E-state index in [2.05, 4.69) is 15.4 Å². The van der Waals surface area contributed by atoms with Crippen molar-refractivity contribution in [2.45, 2.75) is 52.5 Å². The number of nitrogens with zero attached hydrogens (tertiary/aromatic N) is 3. The number of aryl methyl sites for hydroxylation is 1. The summed E-state index contributed by atoms with van der Waals surface area (Å²) >= 11 is 1.43. The van der Waals surface area contributed by atoms with E-state index in [-0.39, 0.29) is 49.2 Å². The molecule has 0 aliphatic rings. The van der Waals surface area contributed by atoms with Crippen molar-refractivity contribution in [2.24, 2.45) is 0 Å². The summed E-state index contributed by atoms with van der Waals surface area (Å²) in [5.74, 6) is -0.369. The molecule has 0 fully saturated rings.